The number of ether oxygens (including phenoxy) is 2. The lowest BCUT2D eigenvalue weighted by Gasteiger charge is -2.10. The molecule has 30 heavy (non-hydrogen) atoms. The average Bonchev–Trinajstić information content (AvgIpc) is 2.75. The van der Waals surface area contributed by atoms with E-state index >= 15 is 0 Å². The number of carbonyl (C=O) groups is 2. The van der Waals surface area contributed by atoms with Gasteiger partial charge in [-0.25, -0.2) is 0 Å². The van der Waals surface area contributed by atoms with Crippen LogP contribution in [0.2, 0.25) is 5.02 Å². The van der Waals surface area contributed by atoms with Crippen molar-refractivity contribution in [3.63, 3.8) is 0 Å². The predicted octanol–water partition coefficient (Wildman–Crippen LogP) is 4.84. The van der Waals surface area contributed by atoms with Crippen LogP contribution < -0.4 is 20.3 Å². The first-order chi connectivity index (χ1) is 14.5. The fraction of sp³-hybridized carbons (Fsp3) is 0.391. The number of halogens is 1. The van der Waals surface area contributed by atoms with Crippen molar-refractivity contribution in [2.45, 2.75) is 46.0 Å². The Balaban J connectivity index is 1.68. The van der Waals surface area contributed by atoms with Crippen LogP contribution in [0.15, 0.2) is 42.5 Å². The molecule has 0 aliphatic heterocycles. The number of hydrogen-bond donors (Lipinski definition) is 2. The summed E-state index contributed by atoms with van der Waals surface area (Å²) in [4.78, 5) is 24.0. The van der Waals surface area contributed by atoms with Gasteiger partial charge in [0.15, 0.2) is 6.61 Å². The van der Waals surface area contributed by atoms with Crippen LogP contribution in [0.4, 0.5) is 0 Å². The number of carbonyl (C=O) groups excluding carboxylic acids is 2. The van der Waals surface area contributed by atoms with Crippen molar-refractivity contribution >= 4 is 23.4 Å². The fourth-order valence-electron chi connectivity index (χ4n) is 2.69. The Morgan fingerprint density at radius 1 is 0.900 bits per heavy atom. The second-order valence-electron chi connectivity index (χ2n) is 6.99. The highest BCUT2D eigenvalue weighted by molar-refractivity contribution is 6.31. The maximum absolute atomic E-state index is 12.2. The minimum absolute atomic E-state index is 0.230. The van der Waals surface area contributed by atoms with E-state index in [1.165, 1.54) is 19.3 Å². The molecule has 2 amide bonds. The maximum atomic E-state index is 12.2. The molecule has 0 radical (unpaired) electrons. The number of hydrogen-bond acceptors (Lipinski definition) is 4. The molecule has 2 aromatic carbocycles. The minimum atomic E-state index is -0.473. The maximum Gasteiger partial charge on any atom is 0.276 e. The van der Waals surface area contributed by atoms with Gasteiger partial charge in [0.2, 0.25) is 0 Å². The van der Waals surface area contributed by atoms with Crippen LogP contribution in [0.3, 0.4) is 0 Å². The second kappa shape index (κ2) is 12.8. The Bertz CT molecular complexity index is 824. The molecule has 0 atom stereocenters. The Kier molecular flexibility index (Phi) is 10.0. The molecule has 0 aromatic heterocycles. The molecule has 0 aliphatic carbocycles. The van der Waals surface area contributed by atoms with Gasteiger partial charge >= 0.3 is 0 Å². The SMILES string of the molecule is CCCCCCCOc1ccc(C(=O)NNC(=O)COc2ccc(Cl)c(C)c2)cc1. The van der Waals surface area contributed by atoms with Gasteiger partial charge in [0.1, 0.15) is 11.5 Å². The first-order valence-corrected chi connectivity index (χ1v) is 10.6. The number of amides is 2. The summed E-state index contributed by atoms with van der Waals surface area (Å²) in [6.07, 6.45) is 5.89. The largest absolute Gasteiger partial charge is 0.494 e. The first-order valence-electron chi connectivity index (χ1n) is 10.2. The van der Waals surface area contributed by atoms with Crippen molar-refractivity contribution < 1.29 is 19.1 Å². The van der Waals surface area contributed by atoms with Crippen LogP contribution in [0.1, 0.15) is 54.9 Å². The van der Waals surface area contributed by atoms with Crippen molar-refractivity contribution in [1.29, 1.82) is 0 Å². The highest BCUT2D eigenvalue weighted by Gasteiger charge is 2.09. The summed E-state index contributed by atoms with van der Waals surface area (Å²) in [6.45, 7) is 4.47. The molecule has 2 rings (SSSR count). The molecule has 2 N–H and O–H groups in total. The van der Waals surface area contributed by atoms with E-state index in [2.05, 4.69) is 17.8 Å². The molecule has 0 heterocycles. The Hall–Kier alpha value is -2.73. The Morgan fingerprint density at radius 2 is 1.60 bits per heavy atom. The predicted molar refractivity (Wildman–Crippen MR) is 118 cm³/mol. The molecular weight excluding hydrogens is 404 g/mol. The van der Waals surface area contributed by atoms with Crippen LogP contribution >= 0.6 is 11.6 Å². The van der Waals surface area contributed by atoms with Gasteiger partial charge in [0.05, 0.1) is 6.61 Å². The number of hydrazine groups is 1. The van der Waals surface area contributed by atoms with Crippen LogP contribution in [-0.2, 0) is 4.79 Å². The van der Waals surface area contributed by atoms with E-state index in [1.807, 2.05) is 6.92 Å². The summed E-state index contributed by atoms with van der Waals surface area (Å²) in [7, 11) is 0. The van der Waals surface area contributed by atoms with Crippen molar-refractivity contribution in [3.05, 3.63) is 58.6 Å². The zero-order valence-electron chi connectivity index (χ0n) is 17.5. The molecule has 0 saturated heterocycles. The van der Waals surface area contributed by atoms with Crippen molar-refractivity contribution in [2.24, 2.45) is 0 Å². The number of benzene rings is 2. The first kappa shape index (κ1) is 23.5. The lowest BCUT2D eigenvalue weighted by Crippen LogP contribution is -2.43. The van der Waals surface area contributed by atoms with Gasteiger partial charge in [0, 0.05) is 10.6 Å². The quantitative estimate of drug-likeness (QED) is 0.393. The van der Waals surface area contributed by atoms with Gasteiger partial charge in [-0.2, -0.15) is 0 Å². The van der Waals surface area contributed by atoms with Gasteiger partial charge in [-0.05, 0) is 61.4 Å². The summed E-state index contributed by atoms with van der Waals surface area (Å²) in [5.41, 5.74) is 5.97. The molecule has 0 bridgehead atoms. The smallest absolute Gasteiger partial charge is 0.276 e. The molecule has 6 nitrogen and oxygen atoms in total. The van der Waals surface area contributed by atoms with E-state index in [4.69, 9.17) is 21.1 Å². The summed E-state index contributed by atoms with van der Waals surface area (Å²) >= 11 is 5.95. The van der Waals surface area contributed by atoms with Crippen molar-refractivity contribution in [1.82, 2.24) is 10.9 Å². The third-order valence-corrected chi connectivity index (χ3v) is 4.87. The van der Waals surface area contributed by atoms with E-state index in [0.29, 0.717) is 22.9 Å². The lowest BCUT2D eigenvalue weighted by atomic mass is 10.2. The van der Waals surface area contributed by atoms with Gasteiger partial charge in [-0.3, -0.25) is 20.4 Å². The Morgan fingerprint density at radius 3 is 2.30 bits per heavy atom. The Labute approximate surface area is 182 Å². The van der Waals surface area contributed by atoms with E-state index in [1.54, 1.807) is 42.5 Å². The molecular formula is C23H29ClN2O4. The topological polar surface area (TPSA) is 76.7 Å². The number of rotatable bonds is 11. The van der Waals surface area contributed by atoms with E-state index < -0.39 is 11.8 Å². The summed E-state index contributed by atoms with van der Waals surface area (Å²) in [5, 5.41) is 0.627. The van der Waals surface area contributed by atoms with Gasteiger partial charge in [0.25, 0.3) is 11.8 Å². The van der Waals surface area contributed by atoms with E-state index in [9.17, 15) is 9.59 Å². The summed E-state index contributed by atoms with van der Waals surface area (Å²) < 4.78 is 11.1. The molecule has 0 fully saturated rings. The molecule has 0 unspecified atom stereocenters. The third-order valence-electron chi connectivity index (χ3n) is 4.45. The molecule has 162 valence electrons. The van der Waals surface area contributed by atoms with E-state index in [0.717, 1.165) is 24.2 Å². The van der Waals surface area contributed by atoms with Gasteiger partial charge in [-0.1, -0.05) is 44.2 Å². The average molecular weight is 433 g/mol. The second-order valence-corrected chi connectivity index (χ2v) is 7.40. The summed E-state index contributed by atoms with van der Waals surface area (Å²) in [5.74, 6) is 0.354. The van der Waals surface area contributed by atoms with Crippen molar-refractivity contribution in [3.8, 4) is 11.5 Å². The van der Waals surface area contributed by atoms with Crippen LogP contribution in [0.25, 0.3) is 0 Å². The minimum Gasteiger partial charge on any atom is -0.494 e. The van der Waals surface area contributed by atoms with E-state index in [-0.39, 0.29) is 6.61 Å². The highest BCUT2D eigenvalue weighted by atomic mass is 35.5. The van der Waals surface area contributed by atoms with Gasteiger partial charge in [-0.15, -0.1) is 0 Å². The monoisotopic (exact) mass is 432 g/mol. The van der Waals surface area contributed by atoms with Crippen molar-refractivity contribution in [2.75, 3.05) is 13.2 Å². The lowest BCUT2D eigenvalue weighted by molar-refractivity contribution is -0.123. The molecule has 2 aromatic rings. The number of nitrogens with one attached hydrogen (secondary N) is 2. The zero-order chi connectivity index (χ0) is 21.8. The van der Waals surface area contributed by atoms with Crippen LogP contribution in [0.5, 0.6) is 11.5 Å². The molecule has 7 heteroatoms. The zero-order valence-corrected chi connectivity index (χ0v) is 18.3. The molecule has 0 spiro atoms. The number of aryl methyl sites for hydroxylation is 1. The third kappa shape index (κ3) is 8.33. The summed E-state index contributed by atoms with van der Waals surface area (Å²) in [6, 6.07) is 11.9. The highest BCUT2D eigenvalue weighted by Crippen LogP contribution is 2.20. The standard InChI is InChI=1S/C23H29ClN2O4/c1-3-4-5-6-7-14-29-19-10-8-18(9-11-19)23(28)26-25-22(27)16-30-20-12-13-21(24)17(2)15-20/h8-13,15H,3-7,14,16H2,1-2H3,(H,25,27)(H,26,28). The molecule has 0 aliphatic rings. The number of unbranched alkanes of at least 4 members (excludes halogenated alkanes) is 4. The van der Waals surface area contributed by atoms with Crippen LogP contribution in [-0.4, -0.2) is 25.0 Å². The van der Waals surface area contributed by atoms with Crippen LogP contribution in [0, 0.1) is 6.92 Å². The fourth-order valence-corrected chi connectivity index (χ4v) is 2.81. The molecule has 0 saturated carbocycles. The van der Waals surface area contributed by atoms with Gasteiger partial charge < -0.3 is 9.47 Å². The normalized spacial score (nSPS) is 10.4.